The Morgan fingerprint density at radius 1 is 1.43 bits per heavy atom. The van der Waals surface area contributed by atoms with Crippen molar-refractivity contribution >= 4 is 26.8 Å². The molecule has 14 heavy (non-hydrogen) atoms. The molecule has 0 unspecified atom stereocenters. The molecule has 0 radical (unpaired) electrons. The number of rotatable bonds is 1. The van der Waals surface area contributed by atoms with E-state index < -0.39 is 5.67 Å². The fourth-order valence-corrected chi connectivity index (χ4v) is 1.80. The highest BCUT2D eigenvalue weighted by Crippen LogP contribution is 2.30. The number of hydrogen-bond donors (Lipinski definition) is 1. The number of aromatic nitrogens is 2. The maximum Gasteiger partial charge on any atom is 0.147 e. The fraction of sp³-hybridized carbons (Fsp3) is 0.300. The SMILES string of the molecule is CC(C)(F)c1[nH]nc2ccc(Br)cc12. The van der Waals surface area contributed by atoms with Gasteiger partial charge < -0.3 is 0 Å². The molecule has 0 saturated heterocycles. The third kappa shape index (κ3) is 1.54. The van der Waals surface area contributed by atoms with Crippen LogP contribution in [0.15, 0.2) is 22.7 Å². The van der Waals surface area contributed by atoms with E-state index in [1.165, 1.54) is 13.8 Å². The van der Waals surface area contributed by atoms with Gasteiger partial charge in [-0.1, -0.05) is 15.9 Å². The number of benzene rings is 1. The van der Waals surface area contributed by atoms with Gasteiger partial charge in [-0.15, -0.1) is 0 Å². The summed E-state index contributed by atoms with van der Waals surface area (Å²) in [7, 11) is 0. The van der Waals surface area contributed by atoms with Gasteiger partial charge in [-0.05, 0) is 32.0 Å². The van der Waals surface area contributed by atoms with Gasteiger partial charge in [-0.25, -0.2) is 4.39 Å². The van der Waals surface area contributed by atoms with Crippen LogP contribution in [0.1, 0.15) is 19.5 Å². The lowest BCUT2D eigenvalue weighted by Gasteiger charge is -2.11. The molecule has 0 spiro atoms. The lowest BCUT2D eigenvalue weighted by atomic mass is 10.0. The van der Waals surface area contributed by atoms with Gasteiger partial charge in [-0.2, -0.15) is 5.10 Å². The molecule has 0 fully saturated rings. The molecule has 1 aromatic heterocycles. The minimum atomic E-state index is -1.39. The molecule has 2 aromatic rings. The van der Waals surface area contributed by atoms with Crippen molar-refractivity contribution in [2.24, 2.45) is 0 Å². The molecule has 0 aliphatic rings. The molecule has 0 aliphatic carbocycles. The van der Waals surface area contributed by atoms with E-state index in [9.17, 15) is 4.39 Å². The van der Waals surface area contributed by atoms with Crippen LogP contribution in [-0.4, -0.2) is 10.2 Å². The van der Waals surface area contributed by atoms with Crippen LogP contribution in [0.25, 0.3) is 10.9 Å². The molecule has 1 aromatic carbocycles. The minimum Gasteiger partial charge on any atom is -0.278 e. The first-order valence-corrected chi connectivity index (χ1v) is 5.11. The van der Waals surface area contributed by atoms with E-state index in [1.807, 2.05) is 18.2 Å². The first kappa shape index (κ1) is 9.65. The highest BCUT2D eigenvalue weighted by molar-refractivity contribution is 9.10. The quantitative estimate of drug-likeness (QED) is 0.831. The van der Waals surface area contributed by atoms with E-state index in [0.717, 1.165) is 15.4 Å². The van der Waals surface area contributed by atoms with Crippen molar-refractivity contribution in [3.8, 4) is 0 Å². The summed E-state index contributed by atoms with van der Waals surface area (Å²) in [4.78, 5) is 0. The highest BCUT2D eigenvalue weighted by Gasteiger charge is 2.23. The van der Waals surface area contributed by atoms with Crippen LogP contribution in [0.4, 0.5) is 4.39 Å². The van der Waals surface area contributed by atoms with Crippen LogP contribution in [0, 0.1) is 0 Å². The lowest BCUT2D eigenvalue weighted by molar-refractivity contribution is 0.216. The van der Waals surface area contributed by atoms with Crippen LogP contribution in [-0.2, 0) is 5.67 Å². The second kappa shape index (κ2) is 3.05. The summed E-state index contributed by atoms with van der Waals surface area (Å²) in [6, 6.07) is 5.61. The number of nitrogens with zero attached hydrogens (tertiary/aromatic N) is 1. The molecule has 0 atom stereocenters. The molecule has 0 amide bonds. The van der Waals surface area contributed by atoms with E-state index in [1.54, 1.807) is 0 Å². The number of fused-ring (bicyclic) bond motifs is 1. The average molecular weight is 257 g/mol. The van der Waals surface area contributed by atoms with Gasteiger partial charge in [0.05, 0.1) is 11.2 Å². The van der Waals surface area contributed by atoms with Crippen LogP contribution >= 0.6 is 15.9 Å². The molecule has 74 valence electrons. The van der Waals surface area contributed by atoms with Crippen LogP contribution in [0.2, 0.25) is 0 Å². The summed E-state index contributed by atoms with van der Waals surface area (Å²) in [6.07, 6.45) is 0. The monoisotopic (exact) mass is 256 g/mol. The normalized spacial score (nSPS) is 12.3. The van der Waals surface area contributed by atoms with Crippen molar-refractivity contribution in [3.05, 3.63) is 28.4 Å². The van der Waals surface area contributed by atoms with Gasteiger partial charge in [-0.3, -0.25) is 5.10 Å². The molecule has 2 nitrogen and oxygen atoms in total. The predicted molar refractivity (Wildman–Crippen MR) is 57.9 cm³/mol. The fourth-order valence-electron chi connectivity index (χ4n) is 1.44. The van der Waals surface area contributed by atoms with Crippen molar-refractivity contribution in [1.82, 2.24) is 10.2 Å². The maximum atomic E-state index is 13.7. The molecule has 2 rings (SSSR count). The minimum absolute atomic E-state index is 0.522. The van der Waals surface area contributed by atoms with E-state index in [2.05, 4.69) is 26.1 Å². The van der Waals surface area contributed by atoms with Crippen molar-refractivity contribution in [2.45, 2.75) is 19.5 Å². The van der Waals surface area contributed by atoms with E-state index in [-0.39, 0.29) is 0 Å². The molecular formula is C10H10BrFN2. The van der Waals surface area contributed by atoms with E-state index in [0.29, 0.717) is 5.69 Å². The van der Waals surface area contributed by atoms with Crippen molar-refractivity contribution in [1.29, 1.82) is 0 Å². The zero-order valence-corrected chi connectivity index (χ0v) is 9.52. The Morgan fingerprint density at radius 2 is 2.14 bits per heavy atom. The Hall–Kier alpha value is -0.900. The summed E-state index contributed by atoms with van der Waals surface area (Å²) in [5.74, 6) is 0. The Bertz CT molecular complexity index is 470. The van der Waals surface area contributed by atoms with Gasteiger partial charge >= 0.3 is 0 Å². The number of aromatic amines is 1. The number of alkyl halides is 1. The second-order valence-electron chi connectivity index (χ2n) is 3.73. The van der Waals surface area contributed by atoms with Gasteiger partial charge in [0.15, 0.2) is 0 Å². The summed E-state index contributed by atoms with van der Waals surface area (Å²) < 4.78 is 14.7. The Kier molecular flexibility index (Phi) is 2.10. The summed E-state index contributed by atoms with van der Waals surface area (Å²) in [5.41, 5.74) is -0.0852. The highest BCUT2D eigenvalue weighted by atomic mass is 79.9. The maximum absolute atomic E-state index is 13.7. The van der Waals surface area contributed by atoms with Crippen molar-refractivity contribution < 1.29 is 4.39 Å². The second-order valence-corrected chi connectivity index (χ2v) is 4.65. The number of nitrogens with one attached hydrogen (secondary N) is 1. The topological polar surface area (TPSA) is 28.7 Å². The number of hydrogen-bond acceptors (Lipinski definition) is 1. The van der Waals surface area contributed by atoms with Gasteiger partial charge in [0, 0.05) is 9.86 Å². The molecular weight excluding hydrogens is 247 g/mol. The standard InChI is InChI=1S/C10H10BrFN2/c1-10(2,12)9-7-5-6(11)3-4-8(7)13-14-9/h3-5H,1-2H3,(H,13,14). The third-order valence-corrected chi connectivity index (χ3v) is 2.60. The summed E-state index contributed by atoms with van der Waals surface area (Å²) in [5, 5.41) is 7.60. The van der Waals surface area contributed by atoms with Gasteiger partial charge in [0.2, 0.25) is 0 Å². The lowest BCUT2D eigenvalue weighted by Crippen LogP contribution is -2.09. The predicted octanol–water partition coefficient (Wildman–Crippen LogP) is 3.53. The summed E-state index contributed by atoms with van der Waals surface area (Å²) in [6.45, 7) is 3.03. The smallest absolute Gasteiger partial charge is 0.147 e. The molecule has 1 N–H and O–H groups in total. The van der Waals surface area contributed by atoms with Gasteiger partial charge in [0.1, 0.15) is 5.67 Å². The van der Waals surface area contributed by atoms with Crippen molar-refractivity contribution in [3.63, 3.8) is 0 Å². The summed E-state index contributed by atoms with van der Waals surface area (Å²) >= 11 is 3.35. The van der Waals surface area contributed by atoms with E-state index in [4.69, 9.17) is 0 Å². The zero-order chi connectivity index (χ0) is 10.3. The van der Waals surface area contributed by atoms with Crippen molar-refractivity contribution in [2.75, 3.05) is 0 Å². The Balaban J connectivity index is 2.73. The zero-order valence-electron chi connectivity index (χ0n) is 7.94. The third-order valence-electron chi connectivity index (χ3n) is 2.11. The first-order chi connectivity index (χ1) is 6.48. The van der Waals surface area contributed by atoms with Crippen LogP contribution < -0.4 is 0 Å². The van der Waals surface area contributed by atoms with Gasteiger partial charge in [0.25, 0.3) is 0 Å². The Labute approximate surface area is 89.6 Å². The largest absolute Gasteiger partial charge is 0.278 e. The average Bonchev–Trinajstić information content (AvgIpc) is 2.45. The molecule has 0 saturated carbocycles. The molecule has 4 heteroatoms. The van der Waals surface area contributed by atoms with Crippen LogP contribution in [0.5, 0.6) is 0 Å². The molecule has 0 bridgehead atoms. The first-order valence-electron chi connectivity index (χ1n) is 4.31. The Morgan fingerprint density at radius 3 is 2.79 bits per heavy atom. The molecule has 0 aliphatic heterocycles. The van der Waals surface area contributed by atoms with Crippen LogP contribution in [0.3, 0.4) is 0 Å². The number of H-pyrrole nitrogens is 1. The molecule has 1 heterocycles. The van der Waals surface area contributed by atoms with E-state index >= 15 is 0 Å². The number of halogens is 2.